The Morgan fingerprint density at radius 1 is 0.812 bits per heavy atom. The van der Waals surface area contributed by atoms with Gasteiger partial charge >= 0.3 is 18.1 Å². The van der Waals surface area contributed by atoms with E-state index in [1.165, 1.54) is 23.1 Å². The summed E-state index contributed by atoms with van der Waals surface area (Å²) in [6.07, 6.45) is 6.02. The highest BCUT2D eigenvalue weighted by Gasteiger charge is 2.34. The molecule has 0 saturated carbocycles. The third kappa shape index (κ3) is 9.95. The molecule has 1 unspecified atom stereocenters. The number of sulfonamides is 2. The Morgan fingerprint density at radius 2 is 1.48 bits per heavy atom. The molecule has 362 valence electrons. The molecule has 4 aromatic carbocycles. The number of urea groups is 3. The van der Waals surface area contributed by atoms with Crippen molar-refractivity contribution in [3.8, 4) is 0 Å². The standard InChI is InChI=1S/C51H56ClN7O8S2/c1-7-35-30(6)27-59(48(35)60)51(63)54-22-20-31-14-16-34(17-15-31)68(64,65)57-49(61)55-45-36-11-8-10-32(36)24-43-37(18-19-40(43)45)38-21-23-53-47-39(38)12-9-13-44(47)69(66,67)58-50(62)56-46-41(28(2)3)25-33(52)26-42(46)29(4)5/h9,12-17,21,23-26,28-29,37H,7-8,10-11,18-20,22,27H2,1-6H3,(H,54,63)(H2,55,57,61)(H2,56,58,62). The van der Waals surface area contributed by atoms with Crippen molar-refractivity contribution < 1.29 is 36.0 Å². The van der Waals surface area contributed by atoms with Gasteiger partial charge in [0.1, 0.15) is 4.90 Å². The van der Waals surface area contributed by atoms with Crippen LogP contribution in [0.1, 0.15) is 123 Å². The number of fused-ring (bicyclic) bond motifs is 3. The summed E-state index contributed by atoms with van der Waals surface area (Å²) in [6.45, 7) is 12.1. The molecule has 69 heavy (non-hydrogen) atoms. The fourth-order valence-electron chi connectivity index (χ4n) is 9.95. The molecule has 1 atom stereocenters. The number of aromatic nitrogens is 1. The van der Waals surface area contributed by atoms with Crippen molar-refractivity contribution in [2.75, 3.05) is 23.7 Å². The molecule has 18 heteroatoms. The maximum Gasteiger partial charge on any atom is 0.333 e. The van der Waals surface area contributed by atoms with Crippen LogP contribution in [0.25, 0.3) is 10.9 Å². The number of carbonyl (C=O) groups excluding carboxylic acids is 4. The van der Waals surface area contributed by atoms with E-state index in [-0.39, 0.29) is 52.1 Å². The lowest BCUT2D eigenvalue weighted by Gasteiger charge is -2.21. The molecule has 5 aromatic rings. The first-order valence-electron chi connectivity index (χ1n) is 23.2. The molecule has 0 spiro atoms. The molecule has 7 amide bonds. The van der Waals surface area contributed by atoms with Crippen molar-refractivity contribution in [2.24, 2.45) is 0 Å². The quantitative estimate of drug-likeness (QED) is 0.0759. The number of imide groups is 1. The number of halogens is 1. The lowest BCUT2D eigenvalue weighted by Crippen LogP contribution is -2.42. The van der Waals surface area contributed by atoms with Gasteiger partial charge in [-0.05, 0) is 150 Å². The zero-order valence-electron chi connectivity index (χ0n) is 39.4. The molecule has 1 aromatic heterocycles. The van der Waals surface area contributed by atoms with Gasteiger partial charge in [-0.25, -0.2) is 40.7 Å². The van der Waals surface area contributed by atoms with Crippen LogP contribution in [-0.4, -0.2) is 63.8 Å². The Hall–Kier alpha value is -6.30. The molecule has 3 aliphatic rings. The van der Waals surface area contributed by atoms with Gasteiger partial charge in [-0.3, -0.25) is 14.7 Å². The number of aryl methyl sites for hydroxylation is 1. The summed E-state index contributed by atoms with van der Waals surface area (Å²) in [5.41, 5.74) is 9.77. The van der Waals surface area contributed by atoms with Crippen molar-refractivity contribution in [1.29, 1.82) is 0 Å². The lowest BCUT2D eigenvalue weighted by molar-refractivity contribution is -0.123. The maximum absolute atomic E-state index is 14.0. The second-order valence-electron chi connectivity index (χ2n) is 18.5. The number of carbonyl (C=O) groups is 4. The van der Waals surface area contributed by atoms with Crippen LogP contribution in [0.3, 0.4) is 0 Å². The summed E-state index contributed by atoms with van der Waals surface area (Å²) in [4.78, 5) is 57.8. The van der Waals surface area contributed by atoms with Gasteiger partial charge in [-0.2, -0.15) is 0 Å². The van der Waals surface area contributed by atoms with Crippen molar-refractivity contribution in [3.63, 3.8) is 0 Å². The molecule has 0 bridgehead atoms. The Bertz CT molecular complexity index is 3160. The highest BCUT2D eigenvalue weighted by Crippen LogP contribution is 2.47. The molecule has 0 radical (unpaired) electrons. The zero-order chi connectivity index (χ0) is 49.5. The Kier molecular flexibility index (Phi) is 14.0. The van der Waals surface area contributed by atoms with E-state index in [9.17, 15) is 36.0 Å². The third-order valence-electron chi connectivity index (χ3n) is 13.3. The SMILES string of the molecule is CCC1=C(C)CN(C(=O)NCCc2ccc(S(=O)(=O)NC(=O)Nc3c4c(cc5c3CCC5c3ccnc5c(S(=O)(=O)NC(=O)Nc6c(C(C)C)cc(Cl)cc6C(C)C)cccc35)CCC4)cc2)C1=O. The van der Waals surface area contributed by atoms with E-state index < -0.39 is 38.1 Å². The van der Waals surface area contributed by atoms with E-state index in [0.717, 1.165) is 62.9 Å². The Labute approximate surface area is 408 Å². The number of benzene rings is 4. The summed E-state index contributed by atoms with van der Waals surface area (Å²) < 4.78 is 59.5. The number of nitrogens with zero attached hydrogens (tertiary/aromatic N) is 2. The number of anilines is 2. The van der Waals surface area contributed by atoms with Crippen LogP contribution in [-0.2, 0) is 50.5 Å². The van der Waals surface area contributed by atoms with Gasteiger partial charge < -0.3 is 16.0 Å². The number of rotatable bonds is 13. The molecular formula is C51H56ClN7O8S2. The number of hydrogen-bond acceptors (Lipinski definition) is 9. The van der Waals surface area contributed by atoms with Gasteiger partial charge in [0.15, 0.2) is 0 Å². The van der Waals surface area contributed by atoms with Gasteiger partial charge in [0.25, 0.3) is 26.0 Å². The van der Waals surface area contributed by atoms with E-state index in [1.54, 1.807) is 42.6 Å². The van der Waals surface area contributed by atoms with Crippen LogP contribution in [0, 0.1) is 0 Å². The highest BCUT2D eigenvalue weighted by molar-refractivity contribution is 7.90. The minimum absolute atomic E-state index is 0.0144. The minimum Gasteiger partial charge on any atom is -0.337 e. The molecule has 5 N–H and O–H groups in total. The van der Waals surface area contributed by atoms with Crippen LogP contribution in [0.5, 0.6) is 0 Å². The molecule has 8 rings (SSSR count). The Balaban J connectivity index is 0.973. The van der Waals surface area contributed by atoms with Crippen LogP contribution in [0.2, 0.25) is 5.02 Å². The first-order valence-corrected chi connectivity index (χ1v) is 26.6. The fourth-order valence-corrected chi connectivity index (χ4v) is 12.2. The normalized spacial score (nSPS) is 15.8. The van der Waals surface area contributed by atoms with Gasteiger partial charge in [-0.15, -0.1) is 0 Å². The number of nitrogens with one attached hydrogen (secondary N) is 5. The second-order valence-corrected chi connectivity index (χ2v) is 22.2. The predicted molar refractivity (Wildman–Crippen MR) is 267 cm³/mol. The number of para-hydroxylation sites is 1. The summed E-state index contributed by atoms with van der Waals surface area (Å²) in [6, 6.07) is 16.1. The van der Waals surface area contributed by atoms with Crippen molar-refractivity contribution >= 4 is 77.9 Å². The zero-order valence-corrected chi connectivity index (χ0v) is 41.8. The topological polar surface area (TPSA) is 213 Å². The first-order chi connectivity index (χ1) is 32.8. The fraction of sp³-hybridized carbons (Fsp3) is 0.353. The van der Waals surface area contributed by atoms with Gasteiger partial charge in [0, 0.05) is 46.0 Å². The predicted octanol–water partition coefficient (Wildman–Crippen LogP) is 9.54. The van der Waals surface area contributed by atoms with E-state index in [1.807, 2.05) is 47.6 Å². The smallest absolute Gasteiger partial charge is 0.333 e. The van der Waals surface area contributed by atoms with Crippen LogP contribution < -0.4 is 25.4 Å². The lowest BCUT2D eigenvalue weighted by atomic mass is 9.88. The summed E-state index contributed by atoms with van der Waals surface area (Å²) in [5, 5.41) is 9.57. The molecular weight excluding hydrogens is 938 g/mol. The minimum atomic E-state index is -4.44. The summed E-state index contributed by atoms with van der Waals surface area (Å²) in [7, 11) is -8.73. The average Bonchev–Trinajstić information content (AvgIpc) is 4.02. The van der Waals surface area contributed by atoms with E-state index in [0.29, 0.717) is 59.5 Å². The molecule has 15 nitrogen and oxygen atoms in total. The maximum atomic E-state index is 14.0. The molecule has 2 heterocycles. The van der Waals surface area contributed by atoms with E-state index >= 15 is 0 Å². The number of hydrogen-bond donors (Lipinski definition) is 5. The van der Waals surface area contributed by atoms with Gasteiger partial charge in [-0.1, -0.05) is 76.6 Å². The monoisotopic (exact) mass is 993 g/mol. The van der Waals surface area contributed by atoms with Crippen LogP contribution in [0.4, 0.5) is 25.8 Å². The van der Waals surface area contributed by atoms with Crippen molar-refractivity contribution in [3.05, 3.63) is 134 Å². The van der Waals surface area contributed by atoms with E-state index in [4.69, 9.17) is 11.6 Å². The molecule has 0 saturated heterocycles. The van der Waals surface area contributed by atoms with Crippen LogP contribution >= 0.6 is 11.6 Å². The second kappa shape index (κ2) is 19.6. The molecule has 2 aliphatic carbocycles. The third-order valence-corrected chi connectivity index (χ3v) is 16.2. The number of pyridine rings is 1. The molecule has 0 fully saturated rings. The van der Waals surface area contributed by atoms with Gasteiger partial charge in [0.05, 0.1) is 17.0 Å². The first kappa shape index (κ1) is 49.1. The Morgan fingerprint density at radius 3 is 2.13 bits per heavy atom. The summed E-state index contributed by atoms with van der Waals surface area (Å²) in [5.74, 6) is -0.528. The molecule has 1 aliphatic heterocycles. The van der Waals surface area contributed by atoms with Crippen LogP contribution in [0.15, 0.2) is 93.9 Å². The average molecular weight is 995 g/mol. The van der Waals surface area contributed by atoms with E-state index in [2.05, 4.69) is 36.4 Å². The van der Waals surface area contributed by atoms with Crippen molar-refractivity contribution in [2.45, 2.75) is 114 Å². The van der Waals surface area contributed by atoms with Gasteiger partial charge in [0.2, 0.25) is 0 Å². The highest BCUT2D eigenvalue weighted by atomic mass is 35.5. The summed E-state index contributed by atoms with van der Waals surface area (Å²) >= 11 is 6.42. The van der Waals surface area contributed by atoms with Crippen molar-refractivity contribution in [1.82, 2.24) is 24.6 Å². The number of amides is 7. The largest absolute Gasteiger partial charge is 0.337 e.